The molecule has 2 unspecified atom stereocenters. The maximum Gasteiger partial charge on any atom is 0.331 e. The highest BCUT2D eigenvalue weighted by molar-refractivity contribution is 5.89. The van der Waals surface area contributed by atoms with Crippen LogP contribution in [0.1, 0.15) is 26.7 Å². The predicted octanol–water partition coefficient (Wildman–Crippen LogP) is 0.464. The van der Waals surface area contributed by atoms with E-state index in [9.17, 15) is 9.59 Å². The average Bonchev–Trinajstić information content (AvgIpc) is 2.11. The lowest BCUT2D eigenvalue weighted by Gasteiger charge is -2.34. The summed E-state index contributed by atoms with van der Waals surface area (Å²) < 4.78 is 4.62. The summed E-state index contributed by atoms with van der Waals surface area (Å²) in [5.41, 5.74) is -0.821. The molecule has 1 N–H and O–H groups in total. The fourth-order valence-electron chi connectivity index (χ4n) is 1.47. The van der Waals surface area contributed by atoms with Gasteiger partial charge >= 0.3 is 5.97 Å². The number of hydrogen-bond acceptors (Lipinski definition) is 3. The third-order valence-corrected chi connectivity index (χ3v) is 2.56. The molecule has 0 radical (unpaired) electrons. The number of carbonyl (C=O) groups is 2. The third-order valence-electron chi connectivity index (χ3n) is 2.56. The van der Waals surface area contributed by atoms with E-state index in [0.29, 0.717) is 6.42 Å². The molecule has 0 spiro atoms. The zero-order valence-electron chi connectivity index (χ0n) is 8.22. The highest BCUT2D eigenvalue weighted by atomic mass is 16.5. The molecule has 1 saturated heterocycles. The van der Waals surface area contributed by atoms with Gasteiger partial charge in [-0.05, 0) is 19.8 Å². The Morgan fingerprint density at radius 2 is 2.31 bits per heavy atom. The van der Waals surface area contributed by atoms with E-state index >= 15 is 0 Å². The van der Waals surface area contributed by atoms with Crippen LogP contribution in [0, 0.1) is 5.92 Å². The van der Waals surface area contributed by atoms with Crippen LogP contribution < -0.4 is 5.32 Å². The highest BCUT2D eigenvalue weighted by Crippen LogP contribution is 2.24. The molecule has 0 aliphatic carbocycles. The molecular formula is C9H15NO3. The summed E-state index contributed by atoms with van der Waals surface area (Å²) in [5.74, 6) is -0.440. The van der Waals surface area contributed by atoms with E-state index in [-0.39, 0.29) is 17.8 Å². The van der Waals surface area contributed by atoms with Crippen LogP contribution in [-0.2, 0) is 14.3 Å². The molecule has 1 aliphatic rings. The van der Waals surface area contributed by atoms with E-state index in [4.69, 9.17) is 0 Å². The van der Waals surface area contributed by atoms with E-state index < -0.39 is 5.54 Å². The smallest absolute Gasteiger partial charge is 0.331 e. The zero-order valence-corrected chi connectivity index (χ0v) is 8.22. The Labute approximate surface area is 77.6 Å². The van der Waals surface area contributed by atoms with Crippen molar-refractivity contribution in [2.75, 3.05) is 7.11 Å². The van der Waals surface area contributed by atoms with E-state index in [1.807, 2.05) is 6.92 Å². The van der Waals surface area contributed by atoms with Crippen LogP contribution in [0.2, 0.25) is 0 Å². The minimum atomic E-state index is -0.821. The van der Waals surface area contributed by atoms with Gasteiger partial charge in [-0.25, -0.2) is 4.79 Å². The molecule has 13 heavy (non-hydrogen) atoms. The molecular weight excluding hydrogens is 170 g/mol. The number of nitrogens with one attached hydrogen (secondary N) is 1. The second-order valence-corrected chi connectivity index (χ2v) is 3.75. The van der Waals surface area contributed by atoms with E-state index in [1.54, 1.807) is 6.92 Å². The number of rotatable bonds is 1. The summed E-state index contributed by atoms with van der Waals surface area (Å²) in [7, 11) is 1.33. The van der Waals surface area contributed by atoms with Crippen LogP contribution in [0.4, 0.5) is 0 Å². The Kier molecular flexibility index (Phi) is 2.59. The molecule has 1 heterocycles. The number of methoxy groups -OCH3 is 1. The van der Waals surface area contributed by atoms with Gasteiger partial charge in [0.2, 0.25) is 5.91 Å². The first kappa shape index (κ1) is 10.0. The van der Waals surface area contributed by atoms with Crippen molar-refractivity contribution in [1.29, 1.82) is 0 Å². The van der Waals surface area contributed by atoms with Gasteiger partial charge in [-0.2, -0.15) is 0 Å². The Balaban J connectivity index is 2.72. The second-order valence-electron chi connectivity index (χ2n) is 3.75. The average molecular weight is 185 g/mol. The number of piperidine rings is 1. The Morgan fingerprint density at radius 1 is 1.69 bits per heavy atom. The quantitative estimate of drug-likeness (QED) is 0.604. The third kappa shape index (κ3) is 1.82. The summed E-state index contributed by atoms with van der Waals surface area (Å²) in [6.45, 7) is 3.55. The molecule has 74 valence electrons. The fourth-order valence-corrected chi connectivity index (χ4v) is 1.47. The first-order valence-electron chi connectivity index (χ1n) is 4.40. The van der Waals surface area contributed by atoms with Crippen LogP contribution >= 0.6 is 0 Å². The van der Waals surface area contributed by atoms with Crippen molar-refractivity contribution in [3.8, 4) is 0 Å². The lowest BCUT2D eigenvalue weighted by atomic mass is 9.86. The maximum absolute atomic E-state index is 11.3. The first-order valence-corrected chi connectivity index (χ1v) is 4.40. The van der Waals surface area contributed by atoms with Crippen LogP contribution in [-0.4, -0.2) is 24.5 Å². The molecule has 0 saturated carbocycles. The molecule has 0 aromatic heterocycles. The number of carbonyl (C=O) groups excluding carboxylic acids is 2. The fraction of sp³-hybridized carbons (Fsp3) is 0.778. The van der Waals surface area contributed by atoms with Gasteiger partial charge in [0, 0.05) is 5.92 Å². The summed E-state index contributed by atoms with van der Waals surface area (Å²) >= 11 is 0. The van der Waals surface area contributed by atoms with Gasteiger partial charge in [-0.1, -0.05) is 6.92 Å². The number of hydrogen-bond donors (Lipinski definition) is 1. The Bertz CT molecular complexity index is 239. The van der Waals surface area contributed by atoms with Crippen molar-refractivity contribution in [2.45, 2.75) is 32.2 Å². The Morgan fingerprint density at radius 3 is 2.77 bits per heavy atom. The van der Waals surface area contributed by atoms with Crippen LogP contribution in [0.15, 0.2) is 0 Å². The molecule has 4 nitrogen and oxygen atoms in total. The van der Waals surface area contributed by atoms with Gasteiger partial charge in [-0.15, -0.1) is 0 Å². The largest absolute Gasteiger partial charge is 0.467 e. The van der Waals surface area contributed by atoms with Crippen molar-refractivity contribution in [3.63, 3.8) is 0 Å². The van der Waals surface area contributed by atoms with Gasteiger partial charge < -0.3 is 10.1 Å². The lowest BCUT2D eigenvalue weighted by Crippen LogP contribution is -2.57. The monoisotopic (exact) mass is 185 g/mol. The van der Waals surface area contributed by atoms with E-state index in [1.165, 1.54) is 7.11 Å². The second kappa shape index (κ2) is 3.36. The van der Waals surface area contributed by atoms with E-state index in [0.717, 1.165) is 6.42 Å². The molecule has 0 bridgehead atoms. The summed E-state index contributed by atoms with van der Waals surface area (Å²) in [4.78, 5) is 22.6. The van der Waals surface area contributed by atoms with Gasteiger partial charge in [0.05, 0.1) is 7.11 Å². The standard InChI is InChI=1S/C9H15NO3/c1-6-4-5-9(2,8(12)13-3)10-7(6)11/h6H,4-5H2,1-3H3,(H,10,11). The van der Waals surface area contributed by atoms with Gasteiger partial charge in [0.15, 0.2) is 0 Å². The van der Waals surface area contributed by atoms with Crippen molar-refractivity contribution in [2.24, 2.45) is 5.92 Å². The van der Waals surface area contributed by atoms with Crippen LogP contribution in [0.25, 0.3) is 0 Å². The molecule has 0 aromatic rings. The normalized spacial score (nSPS) is 33.8. The van der Waals surface area contributed by atoms with Gasteiger partial charge in [0.25, 0.3) is 0 Å². The summed E-state index contributed by atoms with van der Waals surface area (Å²) in [5, 5.41) is 2.68. The van der Waals surface area contributed by atoms with Gasteiger partial charge in [0.1, 0.15) is 5.54 Å². The van der Waals surface area contributed by atoms with Crippen LogP contribution in [0.3, 0.4) is 0 Å². The maximum atomic E-state index is 11.3. The molecule has 2 atom stereocenters. The minimum Gasteiger partial charge on any atom is -0.467 e. The summed E-state index contributed by atoms with van der Waals surface area (Å²) in [6, 6.07) is 0. The molecule has 1 aliphatic heterocycles. The van der Waals surface area contributed by atoms with Crippen LogP contribution in [0.5, 0.6) is 0 Å². The molecule has 1 fully saturated rings. The van der Waals surface area contributed by atoms with Gasteiger partial charge in [-0.3, -0.25) is 4.79 Å². The van der Waals surface area contributed by atoms with E-state index in [2.05, 4.69) is 10.1 Å². The molecule has 1 rings (SSSR count). The molecule has 1 amide bonds. The topological polar surface area (TPSA) is 55.4 Å². The predicted molar refractivity (Wildman–Crippen MR) is 47.0 cm³/mol. The van der Waals surface area contributed by atoms with Crippen molar-refractivity contribution in [1.82, 2.24) is 5.32 Å². The lowest BCUT2D eigenvalue weighted by molar-refractivity contribution is -0.153. The Hall–Kier alpha value is -1.06. The molecule has 0 aromatic carbocycles. The zero-order chi connectivity index (χ0) is 10.1. The van der Waals surface area contributed by atoms with Crippen molar-refractivity contribution < 1.29 is 14.3 Å². The van der Waals surface area contributed by atoms with Crippen molar-refractivity contribution in [3.05, 3.63) is 0 Å². The highest BCUT2D eigenvalue weighted by Gasteiger charge is 2.40. The van der Waals surface area contributed by atoms with Crippen molar-refractivity contribution >= 4 is 11.9 Å². The number of amides is 1. The SMILES string of the molecule is COC(=O)C1(C)CCC(C)C(=O)N1. The summed E-state index contributed by atoms with van der Waals surface area (Å²) in [6.07, 6.45) is 1.38. The number of esters is 1. The minimum absolute atomic E-state index is 0.00210. The molecule has 4 heteroatoms. The first-order chi connectivity index (χ1) is 5.99. The number of ether oxygens (including phenoxy) is 1.